The molecular weight excluding hydrogens is 314 g/mol. The van der Waals surface area contributed by atoms with Crippen molar-refractivity contribution in [3.8, 4) is 0 Å². The Morgan fingerprint density at radius 3 is 2.68 bits per heavy atom. The molecule has 0 unspecified atom stereocenters. The van der Waals surface area contributed by atoms with Crippen molar-refractivity contribution in [3.63, 3.8) is 0 Å². The van der Waals surface area contributed by atoms with Crippen LogP contribution in [0.5, 0.6) is 0 Å². The summed E-state index contributed by atoms with van der Waals surface area (Å²) < 4.78 is 0. The van der Waals surface area contributed by atoms with Crippen molar-refractivity contribution in [3.05, 3.63) is 31.7 Å². The van der Waals surface area contributed by atoms with Crippen LogP contribution in [-0.4, -0.2) is 29.5 Å². The number of aliphatic imine (C=N–C) groups is 1. The average molecular weight is 338 g/mol. The second-order valence-corrected chi connectivity index (χ2v) is 7.16. The number of hydrogen-bond acceptors (Lipinski definition) is 5. The minimum absolute atomic E-state index is 0.758. The van der Waals surface area contributed by atoms with E-state index < -0.39 is 0 Å². The van der Waals surface area contributed by atoms with Crippen molar-refractivity contribution in [1.29, 1.82) is 0 Å². The highest BCUT2D eigenvalue weighted by atomic mass is 32.1. The summed E-state index contributed by atoms with van der Waals surface area (Å²) in [5.41, 5.74) is 2.25. The lowest BCUT2D eigenvalue weighted by molar-refractivity contribution is 0.786. The van der Waals surface area contributed by atoms with E-state index in [0.717, 1.165) is 48.3 Å². The largest absolute Gasteiger partial charge is 0.356 e. The van der Waals surface area contributed by atoms with Crippen molar-refractivity contribution in [2.24, 2.45) is 4.99 Å². The summed E-state index contributed by atoms with van der Waals surface area (Å²) in [6, 6.07) is 0. The van der Waals surface area contributed by atoms with Gasteiger partial charge in [0.1, 0.15) is 0 Å². The molecule has 2 heterocycles. The van der Waals surface area contributed by atoms with Crippen LogP contribution in [-0.2, 0) is 19.4 Å². The Bertz CT molecular complexity index is 630. The first-order valence-corrected chi connectivity index (χ1v) is 9.12. The van der Waals surface area contributed by atoms with Crippen LogP contribution < -0.4 is 10.6 Å². The molecule has 0 bridgehead atoms. The molecule has 0 spiro atoms. The predicted octanol–water partition coefficient (Wildman–Crippen LogP) is 2.69. The smallest absolute Gasteiger partial charge is 0.191 e. The molecule has 0 saturated carbocycles. The van der Waals surface area contributed by atoms with Crippen LogP contribution in [0.1, 0.15) is 33.2 Å². The van der Waals surface area contributed by atoms with Gasteiger partial charge < -0.3 is 10.6 Å². The van der Waals surface area contributed by atoms with Gasteiger partial charge in [-0.1, -0.05) is 6.92 Å². The van der Waals surface area contributed by atoms with Gasteiger partial charge in [-0.25, -0.2) is 9.97 Å². The van der Waals surface area contributed by atoms with E-state index in [9.17, 15) is 0 Å². The molecule has 2 rings (SSSR count). The monoisotopic (exact) mass is 337 g/mol. The van der Waals surface area contributed by atoms with Crippen LogP contribution in [0, 0.1) is 13.8 Å². The number of aromatic nitrogens is 2. The lowest BCUT2D eigenvalue weighted by Crippen LogP contribution is -2.37. The van der Waals surface area contributed by atoms with Crippen LogP contribution in [0.25, 0.3) is 0 Å². The first-order valence-electron chi connectivity index (χ1n) is 7.43. The maximum atomic E-state index is 4.57. The van der Waals surface area contributed by atoms with Gasteiger partial charge in [0.05, 0.1) is 27.9 Å². The summed E-state index contributed by atoms with van der Waals surface area (Å²) >= 11 is 3.46. The van der Waals surface area contributed by atoms with Gasteiger partial charge in [-0.15, -0.1) is 22.7 Å². The van der Waals surface area contributed by atoms with Crippen LogP contribution in [0.4, 0.5) is 0 Å². The summed E-state index contributed by atoms with van der Waals surface area (Å²) in [4.78, 5) is 14.5. The molecule has 22 heavy (non-hydrogen) atoms. The number of guanidine groups is 1. The second kappa shape index (κ2) is 8.24. The molecule has 0 fully saturated rings. The van der Waals surface area contributed by atoms with Crippen molar-refractivity contribution in [2.75, 3.05) is 13.6 Å². The van der Waals surface area contributed by atoms with E-state index in [-0.39, 0.29) is 0 Å². The van der Waals surface area contributed by atoms with Crippen LogP contribution >= 0.6 is 22.7 Å². The molecule has 5 nitrogen and oxygen atoms in total. The molecule has 0 aliphatic heterocycles. The molecular formula is C15H23N5S2. The third kappa shape index (κ3) is 4.78. The molecule has 0 atom stereocenters. The van der Waals surface area contributed by atoms with Gasteiger partial charge in [0.15, 0.2) is 5.96 Å². The Labute approximate surface area is 139 Å². The van der Waals surface area contributed by atoms with Gasteiger partial charge in [-0.2, -0.15) is 0 Å². The summed E-state index contributed by atoms with van der Waals surface area (Å²) in [6.45, 7) is 7.80. The molecule has 2 aromatic rings. The van der Waals surface area contributed by atoms with Gasteiger partial charge in [0.25, 0.3) is 0 Å². The fraction of sp³-hybridized carbons (Fsp3) is 0.533. The Hall–Kier alpha value is -1.47. The zero-order valence-electron chi connectivity index (χ0n) is 13.6. The lowest BCUT2D eigenvalue weighted by Gasteiger charge is -2.10. The van der Waals surface area contributed by atoms with Crippen molar-refractivity contribution in [1.82, 2.24) is 20.6 Å². The number of nitrogens with one attached hydrogen (secondary N) is 2. The Kier molecular flexibility index (Phi) is 6.33. The zero-order chi connectivity index (χ0) is 15.9. The molecule has 2 aromatic heterocycles. The minimum atomic E-state index is 0.758. The minimum Gasteiger partial charge on any atom is -0.356 e. The van der Waals surface area contributed by atoms with E-state index in [1.54, 1.807) is 29.7 Å². The summed E-state index contributed by atoms with van der Waals surface area (Å²) in [5.74, 6) is 0.816. The van der Waals surface area contributed by atoms with E-state index in [2.05, 4.69) is 37.9 Å². The quantitative estimate of drug-likeness (QED) is 0.628. The topological polar surface area (TPSA) is 62.2 Å². The van der Waals surface area contributed by atoms with Crippen LogP contribution in [0.3, 0.4) is 0 Å². The third-order valence-electron chi connectivity index (χ3n) is 3.21. The third-order valence-corrected chi connectivity index (χ3v) is 5.33. The van der Waals surface area contributed by atoms with Crippen molar-refractivity contribution < 1.29 is 0 Å². The zero-order valence-corrected chi connectivity index (χ0v) is 15.2. The normalized spacial score (nSPS) is 11.7. The van der Waals surface area contributed by atoms with Gasteiger partial charge in [-0.05, 0) is 20.3 Å². The van der Waals surface area contributed by atoms with E-state index in [4.69, 9.17) is 0 Å². The van der Waals surface area contributed by atoms with Crippen LogP contribution in [0.15, 0.2) is 10.4 Å². The molecule has 0 saturated heterocycles. The highest BCUT2D eigenvalue weighted by Crippen LogP contribution is 2.16. The second-order valence-electron chi connectivity index (χ2n) is 4.93. The van der Waals surface area contributed by atoms with E-state index >= 15 is 0 Å². The van der Waals surface area contributed by atoms with Crippen molar-refractivity contribution >= 4 is 28.6 Å². The number of aryl methyl sites for hydroxylation is 3. The fourth-order valence-corrected chi connectivity index (χ4v) is 3.71. The van der Waals surface area contributed by atoms with Gasteiger partial charge in [0, 0.05) is 30.3 Å². The Morgan fingerprint density at radius 1 is 1.27 bits per heavy atom. The highest BCUT2D eigenvalue weighted by Gasteiger charge is 2.06. The molecule has 120 valence electrons. The first kappa shape index (κ1) is 16.9. The predicted molar refractivity (Wildman–Crippen MR) is 95.0 cm³/mol. The average Bonchev–Trinajstić information content (AvgIpc) is 3.09. The first-order chi connectivity index (χ1) is 10.6. The number of nitrogens with zero attached hydrogens (tertiary/aromatic N) is 3. The SMILES string of the molecule is CCc1nc(CCNC(=NC)NCc2sc(C)nc2C)cs1. The maximum absolute atomic E-state index is 4.57. The van der Waals surface area contributed by atoms with Crippen LogP contribution in [0.2, 0.25) is 0 Å². The number of hydrogen-bond donors (Lipinski definition) is 2. The molecule has 0 aliphatic carbocycles. The lowest BCUT2D eigenvalue weighted by atomic mass is 10.3. The molecule has 0 aromatic carbocycles. The number of rotatable bonds is 6. The molecule has 7 heteroatoms. The number of thiazole rings is 2. The maximum Gasteiger partial charge on any atom is 0.191 e. The highest BCUT2D eigenvalue weighted by molar-refractivity contribution is 7.11. The Morgan fingerprint density at radius 2 is 2.09 bits per heavy atom. The summed E-state index contributed by atoms with van der Waals surface area (Å²) in [7, 11) is 1.79. The van der Waals surface area contributed by atoms with E-state index in [1.165, 1.54) is 9.88 Å². The van der Waals surface area contributed by atoms with Gasteiger partial charge in [0.2, 0.25) is 0 Å². The van der Waals surface area contributed by atoms with E-state index in [1.807, 2.05) is 13.8 Å². The summed E-state index contributed by atoms with van der Waals surface area (Å²) in [6.07, 6.45) is 1.92. The molecule has 0 radical (unpaired) electrons. The van der Waals surface area contributed by atoms with E-state index in [0.29, 0.717) is 0 Å². The fourth-order valence-electron chi connectivity index (χ4n) is 2.06. The van der Waals surface area contributed by atoms with Gasteiger partial charge >= 0.3 is 0 Å². The Balaban J connectivity index is 1.76. The van der Waals surface area contributed by atoms with Crippen molar-refractivity contribution in [2.45, 2.75) is 40.2 Å². The summed E-state index contributed by atoms with van der Waals surface area (Å²) in [5, 5.41) is 11.1. The molecule has 0 aliphatic rings. The molecule has 2 N–H and O–H groups in total. The molecule has 0 amide bonds. The van der Waals surface area contributed by atoms with Gasteiger partial charge in [-0.3, -0.25) is 4.99 Å². The standard InChI is InChI=1S/C15H23N5S2/c1-5-14-20-12(9-21-14)6-7-17-15(16-4)18-8-13-10(2)19-11(3)22-13/h9H,5-8H2,1-4H3,(H2,16,17,18).